The molecule has 4 nitrogen and oxygen atoms in total. The molecule has 0 aromatic heterocycles. The zero-order valence-corrected chi connectivity index (χ0v) is 14.3. The number of nitrogens with zero attached hydrogens (tertiary/aromatic N) is 2. The summed E-state index contributed by atoms with van der Waals surface area (Å²) in [6.07, 6.45) is 0. The maximum atomic E-state index is 12.7. The average Bonchev–Trinajstić information content (AvgIpc) is 2.47. The third kappa shape index (κ3) is 4.08. The molecule has 0 bridgehead atoms. The Labute approximate surface area is 134 Å². The first-order chi connectivity index (χ1) is 10.5. The van der Waals surface area contributed by atoms with Gasteiger partial charge >= 0.3 is 0 Å². The summed E-state index contributed by atoms with van der Waals surface area (Å²) in [5, 5.41) is 0. The van der Waals surface area contributed by atoms with Gasteiger partial charge in [0.05, 0.1) is 13.2 Å². The van der Waals surface area contributed by atoms with Crippen LogP contribution in [0, 0.1) is 13.8 Å². The number of likely N-dealkylation sites (N-methyl/N-ethyl adjacent to an activating group) is 1. The van der Waals surface area contributed by atoms with Crippen LogP contribution in [-0.4, -0.2) is 61.5 Å². The predicted molar refractivity (Wildman–Crippen MR) is 90.0 cm³/mol. The highest BCUT2D eigenvalue weighted by atomic mass is 16.5. The molecule has 1 saturated heterocycles. The van der Waals surface area contributed by atoms with Crippen LogP contribution in [0.4, 0.5) is 0 Å². The van der Waals surface area contributed by atoms with Gasteiger partial charge in [-0.1, -0.05) is 6.92 Å². The van der Waals surface area contributed by atoms with E-state index in [1.165, 1.54) is 0 Å². The smallest absolute Gasteiger partial charge is 0.177 e. The number of Topliss-reactive ketones (excluding diaryl/α,β-unsaturated/α-hetero) is 1. The molecule has 1 aliphatic heterocycles. The van der Waals surface area contributed by atoms with Crippen LogP contribution in [0.3, 0.4) is 0 Å². The minimum absolute atomic E-state index is 0.225. The number of ketones is 1. The standard InChI is InChI=1S/C18H28N2O2/c1-5-19-7-9-20(10-8-19)13-17(21)18-14(3)11-16(22-6-2)12-15(18)4/h11-12H,5-10,13H2,1-4H3. The van der Waals surface area contributed by atoms with Gasteiger partial charge in [0.15, 0.2) is 5.78 Å². The number of ether oxygens (including phenoxy) is 1. The van der Waals surface area contributed by atoms with E-state index in [2.05, 4.69) is 16.7 Å². The van der Waals surface area contributed by atoms with E-state index in [0.717, 1.165) is 55.2 Å². The van der Waals surface area contributed by atoms with E-state index in [1.54, 1.807) is 0 Å². The van der Waals surface area contributed by atoms with Crippen molar-refractivity contribution in [3.8, 4) is 5.75 Å². The second-order valence-electron chi connectivity index (χ2n) is 6.00. The molecule has 1 aromatic carbocycles. The zero-order valence-electron chi connectivity index (χ0n) is 14.3. The van der Waals surface area contributed by atoms with Crippen molar-refractivity contribution in [3.05, 3.63) is 28.8 Å². The van der Waals surface area contributed by atoms with Crippen LogP contribution in [0.5, 0.6) is 5.75 Å². The molecule has 0 atom stereocenters. The monoisotopic (exact) mass is 304 g/mol. The van der Waals surface area contributed by atoms with Crippen LogP contribution in [0.15, 0.2) is 12.1 Å². The number of rotatable bonds is 6. The molecule has 0 saturated carbocycles. The highest BCUT2D eigenvalue weighted by molar-refractivity contribution is 6.00. The molecule has 4 heteroatoms. The molecule has 0 aliphatic carbocycles. The summed E-state index contributed by atoms with van der Waals surface area (Å²) in [4.78, 5) is 17.4. The molecule has 1 aromatic rings. The van der Waals surface area contributed by atoms with Crippen molar-refractivity contribution in [2.24, 2.45) is 0 Å². The van der Waals surface area contributed by atoms with E-state index < -0.39 is 0 Å². The Morgan fingerprint density at radius 3 is 2.09 bits per heavy atom. The third-order valence-corrected chi connectivity index (χ3v) is 4.38. The molecule has 22 heavy (non-hydrogen) atoms. The minimum Gasteiger partial charge on any atom is -0.494 e. The van der Waals surface area contributed by atoms with Gasteiger partial charge in [0.25, 0.3) is 0 Å². The van der Waals surface area contributed by atoms with Gasteiger partial charge in [-0.05, 0) is 50.6 Å². The Morgan fingerprint density at radius 1 is 1.05 bits per heavy atom. The molecule has 0 unspecified atom stereocenters. The number of carbonyl (C=O) groups excluding carboxylic acids is 1. The lowest BCUT2D eigenvalue weighted by Gasteiger charge is -2.33. The van der Waals surface area contributed by atoms with E-state index in [1.807, 2.05) is 32.9 Å². The molecule has 0 N–H and O–H groups in total. The van der Waals surface area contributed by atoms with Crippen LogP contribution in [-0.2, 0) is 0 Å². The Kier molecular flexibility index (Phi) is 5.98. The number of aryl methyl sites for hydroxylation is 2. The van der Waals surface area contributed by atoms with Gasteiger partial charge < -0.3 is 9.64 Å². The van der Waals surface area contributed by atoms with Gasteiger partial charge in [-0.25, -0.2) is 0 Å². The molecular weight excluding hydrogens is 276 g/mol. The van der Waals surface area contributed by atoms with Crippen LogP contribution >= 0.6 is 0 Å². The fourth-order valence-electron chi connectivity index (χ4n) is 3.16. The fraction of sp³-hybridized carbons (Fsp3) is 0.611. The van der Waals surface area contributed by atoms with Crippen molar-refractivity contribution in [1.29, 1.82) is 0 Å². The lowest BCUT2D eigenvalue weighted by atomic mass is 9.98. The van der Waals surface area contributed by atoms with Gasteiger partial charge in [-0.15, -0.1) is 0 Å². The van der Waals surface area contributed by atoms with Crippen LogP contribution in [0.2, 0.25) is 0 Å². The first-order valence-electron chi connectivity index (χ1n) is 8.27. The van der Waals surface area contributed by atoms with Crippen LogP contribution in [0.1, 0.15) is 35.3 Å². The molecule has 2 rings (SSSR count). The molecule has 1 aliphatic rings. The summed E-state index contributed by atoms with van der Waals surface area (Å²) in [5.74, 6) is 1.08. The zero-order chi connectivity index (χ0) is 16.1. The predicted octanol–water partition coefficient (Wildman–Crippen LogP) is 2.52. The van der Waals surface area contributed by atoms with E-state index >= 15 is 0 Å². The highest BCUT2D eigenvalue weighted by Crippen LogP contribution is 2.23. The lowest BCUT2D eigenvalue weighted by Crippen LogP contribution is -2.47. The SMILES string of the molecule is CCOc1cc(C)c(C(=O)CN2CCN(CC)CC2)c(C)c1. The fourth-order valence-corrected chi connectivity index (χ4v) is 3.16. The first-order valence-corrected chi connectivity index (χ1v) is 8.27. The van der Waals surface area contributed by atoms with Gasteiger partial charge in [0.1, 0.15) is 5.75 Å². The van der Waals surface area contributed by atoms with Crippen molar-refractivity contribution < 1.29 is 9.53 Å². The summed E-state index contributed by atoms with van der Waals surface area (Å²) in [6.45, 7) is 14.5. The molecule has 0 spiro atoms. The van der Waals surface area contributed by atoms with E-state index in [0.29, 0.717) is 13.2 Å². The largest absolute Gasteiger partial charge is 0.494 e. The lowest BCUT2D eigenvalue weighted by molar-refractivity contribution is 0.0858. The maximum Gasteiger partial charge on any atom is 0.177 e. The summed E-state index contributed by atoms with van der Waals surface area (Å²) in [6, 6.07) is 3.94. The number of benzene rings is 1. The van der Waals surface area contributed by atoms with Gasteiger partial charge in [0.2, 0.25) is 0 Å². The Hall–Kier alpha value is -1.39. The molecular formula is C18H28N2O2. The normalized spacial score (nSPS) is 16.7. The van der Waals surface area contributed by atoms with Gasteiger partial charge in [-0.3, -0.25) is 9.69 Å². The van der Waals surface area contributed by atoms with Gasteiger partial charge in [0, 0.05) is 31.7 Å². The van der Waals surface area contributed by atoms with Crippen molar-refractivity contribution in [2.75, 3.05) is 45.9 Å². The topological polar surface area (TPSA) is 32.8 Å². The average molecular weight is 304 g/mol. The number of piperazine rings is 1. The summed E-state index contributed by atoms with van der Waals surface area (Å²) >= 11 is 0. The Bertz CT molecular complexity index is 497. The van der Waals surface area contributed by atoms with Crippen molar-refractivity contribution in [1.82, 2.24) is 9.80 Å². The van der Waals surface area contributed by atoms with Crippen molar-refractivity contribution in [2.45, 2.75) is 27.7 Å². The Balaban J connectivity index is 2.04. The van der Waals surface area contributed by atoms with Crippen LogP contribution < -0.4 is 4.74 Å². The van der Waals surface area contributed by atoms with E-state index in [9.17, 15) is 4.79 Å². The number of carbonyl (C=O) groups is 1. The van der Waals surface area contributed by atoms with Crippen molar-refractivity contribution in [3.63, 3.8) is 0 Å². The molecule has 122 valence electrons. The minimum atomic E-state index is 0.225. The second kappa shape index (κ2) is 7.75. The molecule has 0 amide bonds. The number of hydrogen-bond donors (Lipinski definition) is 0. The first kappa shape index (κ1) is 17.0. The molecule has 1 fully saturated rings. The highest BCUT2D eigenvalue weighted by Gasteiger charge is 2.20. The second-order valence-corrected chi connectivity index (χ2v) is 6.00. The van der Waals surface area contributed by atoms with E-state index in [-0.39, 0.29) is 5.78 Å². The summed E-state index contributed by atoms with van der Waals surface area (Å²) in [7, 11) is 0. The van der Waals surface area contributed by atoms with Crippen molar-refractivity contribution >= 4 is 5.78 Å². The summed E-state index contributed by atoms with van der Waals surface area (Å²) < 4.78 is 5.55. The van der Waals surface area contributed by atoms with Crippen LogP contribution in [0.25, 0.3) is 0 Å². The van der Waals surface area contributed by atoms with E-state index in [4.69, 9.17) is 4.74 Å². The summed E-state index contributed by atoms with van der Waals surface area (Å²) in [5.41, 5.74) is 2.89. The quantitative estimate of drug-likeness (QED) is 0.756. The maximum absolute atomic E-state index is 12.7. The molecule has 1 heterocycles. The number of hydrogen-bond acceptors (Lipinski definition) is 4. The van der Waals surface area contributed by atoms with Gasteiger partial charge in [-0.2, -0.15) is 0 Å². The molecule has 0 radical (unpaired) electrons. The Morgan fingerprint density at radius 2 is 1.59 bits per heavy atom. The third-order valence-electron chi connectivity index (χ3n) is 4.38.